The van der Waals surface area contributed by atoms with Gasteiger partial charge in [0.1, 0.15) is 5.69 Å². The van der Waals surface area contributed by atoms with Crippen LogP contribution in [0.25, 0.3) is 11.0 Å². The molecule has 2 aromatic carbocycles. The molecule has 3 rings (SSSR count). The fourth-order valence-electron chi connectivity index (χ4n) is 2.50. The second kappa shape index (κ2) is 6.57. The second-order valence-corrected chi connectivity index (χ2v) is 6.19. The van der Waals surface area contributed by atoms with E-state index < -0.39 is 5.97 Å². The molecular weight excluding hydrogens is 344 g/mol. The Labute approximate surface area is 148 Å². The van der Waals surface area contributed by atoms with Crippen molar-refractivity contribution in [1.29, 1.82) is 0 Å². The number of carbonyl (C=O) groups is 2. The van der Waals surface area contributed by atoms with Crippen LogP contribution >= 0.6 is 11.6 Å². The minimum atomic E-state index is -1.16. The average Bonchev–Trinajstić information content (AvgIpc) is 2.91. The van der Waals surface area contributed by atoms with Gasteiger partial charge in [0, 0.05) is 11.1 Å². The molecule has 0 spiro atoms. The van der Waals surface area contributed by atoms with E-state index in [0.717, 1.165) is 16.5 Å². The van der Waals surface area contributed by atoms with Crippen LogP contribution in [0.5, 0.6) is 0 Å². The van der Waals surface area contributed by atoms with Crippen LogP contribution in [0.2, 0.25) is 5.02 Å². The summed E-state index contributed by atoms with van der Waals surface area (Å²) in [6.45, 7) is 3.96. The molecule has 0 radical (unpaired) electrons. The summed E-state index contributed by atoms with van der Waals surface area (Å²) < 4.78 is 5.28. The van der Waals surface area contributed by atoms with E-state index in [1.807, 2.05) is 26.0 Å². The number of carboxylic acids is 1. The fraction of sp³-hybridized carbons (Fsp3) is 0.167. The van der Waals surface area contributed by atoms with Crippen molar-refractivity contribution in [2.75, 3.05) is 5.32 Å². The highest BCUT2D eigenvalue weighted by molar-refractivity contribution is 6.33. The molecule has 2 N–H and O–H groups in total. The number of aryl methyl sites for hydroxylation is 2. The molecule has 0 saturated heterocycles. The van der Waals surface area contributed by atoms with E-state index in [0.29, 0.717) is 17.0 Å². The monoisotopic (exact) mass is 358 g/mol. The number of aromatic carboxylic acids is 1. The molecule has 6 nitrogen and oxygen atoms in total. The fourth-order valence-corrected chi connectivity index (χ4v) is 2.69. The van der Waals surface area contributed by atoms with Gasteiger partial charge in [-0.2, -0.15) is 0 Å². The van der Waals surface area contributed by atoms with Crippen LogP contribution in [0.3, 0.4) is 0 Å². The van der Waals surface area contributed by atoms with Gasteiger partial charge in [-0.1, -0.05) is 16.8 Å². The lowest BCUT2D eigenvalue weighted by Crippen LogP contribution is -2.15. The number of amides is 1. The zero-order valence-electron chi connectivity index (χ0n) is 13.6. The zero-order chi connectivity index (χ0) is 18.1. The standard InChI is InChI=1S/C18H15ClN2O4/c1-9-5-13-15(21-25-16(13)6-10(9)2)8-17(22)20-11-3-4-14(19)12(7-11)18(23)24/h3-7H,8H2,1-2H3,(H,20,22)(H,23,24). The Morgan fingerprint density at radius 1 is 1.20 bits per heavy atom. The summed E-state index contributed by atoms with van der Waals surface area (Å²) in [5, 5.41) is 16.6. The molecule has 0 atom stereocenters. The molecule has 0 aliphatic rings. The van der Waals surface area contributed by atoms with Gasteiger partial charge >= 0.3 is 5.97 Å². The van der Waals surface area contributed by atoms with Crippen LogP contribution in [-0.2, 0) is 11.2 Å². The average molecular weight is 359 g/mol. The highest BCUT2D eigenvalue weighted by atomic mass is 35.5. The number of benzene rings is 2. The summed E-state index contributed by atoms with van der Waals surface area (Å²) in [7, 11) is 0. The quantitative estimate of drug-likeness (QED) is 0.736. The molecule has 0 aliphatic heterocycles. The number of aromatic nitrogens is 1. The Morgan fingerprint density at radius 3 is 2.64 bits per heavy atom. The Balaban J connectivity index is 1.80. The van der Waals surface area contributed by atoms with Gasteiger partial charge < -0.3 is 14.9 Å². The molecule has 0 unspecified atom stereocenters. The van der Waals surface area contributed by atoms with Gasteiger partial charge in [-0.25, -0.2) is 4.79 Å². The van der Waals surface area contributed by atoms with Crippen molar-refractivity contribution in [3.05, 3.63) is 57.7 Å². The number of rotatable bonds is 4. The molecule has 1 heterocycles. The van der Waals surface area contributed by atoms with E-state index >= 15 is 0 Å². The van der Waals surface area contributed by atoms with E-state index in [9.17, 15) is 9.59 Å². The molecule has 1 aromatic heterocycles. The number of hydrogen-bond donors (Lipinski definition) is 2. The van der Waals surface area contributed by atoms with Crippen LogP contribution in [0.15, 0.2) is 34.9 Å². The normalized spacial score (nSPS) is 10.8. The molecular formula is C18H15ClN2O4. The number of hydrogen-bond acceptors (Lipinski definition) is 4. The highest BCUT2D eigenvalue weighted by Gasteiger charge is 2.15. The number of nitrogens with one attached hydrogen (secondary N) is 1. The van der Waals surface area contributed by atoms with Crippen molar-refractivity contribution >= 4 is 40.1 Å². The Bertz CT molecular complexity index is 994. The molecule has 0 saturated carbocycles. The van der Waals surface area contributed by atoms with Gasteiger partial charge in [0.25, 0.3) is 0 Å². The second-order valence-electron chi connectivity index (χ2n) is 5.79. The Morgan fingerprint density at radius 2 is 1.92 bits per heavy atom. The summed E-state index contributed by atoms with van der Waals surface area (Å²) in [4.78, 5) is 23.4. The summed E-state index contributed by atoms with van der Waals surface area (Å²) in [5.74, 6) is -1.48. The number of nitrogens with zero attached hydrogens (tertiary/aromatic N) is 1. The lowest BCUT2D eigenvalue weighted by atomic mass is 10.1. The summed E-state index contributed by atoms with van der Waals surface area (Å²) in [6, 6.07) is 8.11. The number of carbonyl (C=O) groups excluding carboxylic acids is 1. The van der Waals surface area contributed by atoms with E-state index in [1.54, 1.807) is 6.07 Å². The van der Waals surface area contributed by atoms with Crippen molar-refractivity contribution in [3.8, 4) is 0 Å². The van der Waals surface area contributed by atoms with Crippen LogP contribution in [-0.4, -0.2) is 22.1 Å². The van der Waals surface area contributed by atoms with Crippen molar-refractivity contribution in [2.24, 2.45) is 0 Å². The van der Waals surface area contributed by atoms with E-state index in [-0.39, 0.29) is 22.9 Å². The molecule has 25 heavy (non-hydrogen) atoms. The predicted molar refractivity (Wildman–Crippen MR) is 94.2 cm³/mol. The van der Waals surface area contributed by atoms with E-state index in [1.165, 1.54) is 12.1 Å². The van der Waals surface area contributed by atoms with Gasteiger partial charge in [-0.15, -0.1) is 0 Å². The Hall–Kier alpha value is -2.86. The van der Waals surface area contributed by atoms with Crippen LogP contribution in [0.4, 0.5) is 5.69 Å². The first-order chi connectivity index (χ1) is 11.8. The number of anilines is 1. The first kappa shape index (κ1) is 17.0. The zero-order valence-corrected chi connectivity index (χ0v) is 14.3. The van der Waals surface area contributed by atoms with Gasteiger partial charge in [0.15, 0.2) is 5.58 Å². The topological polar surface area (TPSA) is 92.4 Å². The SMILES string of the molecule is Cc1cc2onc(CC(=O)Nc3ccc(Cl)c(C(=O)O)c3)c2cc1C. The maximum atomic E-state index is 12.3. The Kier molecular flexibility index (Phi) is 4.46. The smallest absolute Gasteiger partial charge is 0.337 e. The first-order valence-electron chi connectivity index (χ1n) is 7.53. The summed E-state index contributed by atoms with van der Waals surface area (Å²) in [5.41, 5.74) is 3.61. The molecule has 7 heteroatoms. The third-order valence-corrected chi connectivity index (χ3v) is 4.30. The number of halogens is 1. The maximum absolute atomic E-state index is 12.3. The van der Waals surface area contributed by atoms with E-state index in [2.05, 4.69) is 10.5 Å². The third-order valence-electron chi connectivity index (χ3n) is 3.97. The lowest BCUT2D eigenvalue weighted by molar-refractivity contribution is -0.115. The van der Waals surface area contributed by atoms with Gasteiger partial charge in [-0.05, 0) is 55.3 Å². The predicted octanol–water partition coefficient (Wildman–Crippen LogP) is 3.98. The lowest BCUT2D eigenvalue weighted by Gasteiger charge is -2.06. The maximum Gasteiger partial charge on any atom is 0.337 e. The van der Waals surface area contributed by atoms with Crippen LogP contribution < -0.4 is 5.32 Å². The van der Waals surface area contributed by atoms with Crippen molar-refractivity contribution in [2.45, 2.75) is 20.3 Å². The summed E-state index contributed by atoms with van der Waals surface area (Å²) in [6.07, 6.45) is 0.0144. The molecule has 1 amide bonds. The van der Waals surface area contributed by atoms with Crippen molar-refractivity contribution in [3.63, 3.8) is 0 Å². The number of fused-ring (bicyclic) bond motifs is 1. The van der Waals surface area contributed by atoms with E-state index in [4.69, 9.17) is 21.2 Å². The first-order valence-corrected chi connectivity index (χ1v) is 7.91. The van der Waals surface area contributed by atoms with Gasteiger partial charge in [0.2, 0.25) is 5.91 Å². The molecule has 0 fully saturated rings. The largest absolute Gasteiger partial charge is 0.478 e. The van der Waals surface area contributed by atoms with Gasteiger partial charge in [0.05, 0.1) is 17.0 Å². The minimum absolute atomic E-state index is 0.0144. The highest BCUT2D eigenvalue weighted by Crippen LogP contribution is 2.24. The summed E-state index contributed by atoms with van der Waals surface area (Å²) >= 11 is 5.82. The third kappa shape index (κ3) is 3.49. The van der Waals surface area contributed by atoms with Crippen LogP contribution in [0.1, 0.15) is 27.2 Å². The molecule has 3 aromatic rings. The molecule has 0 bridgehead atoms. The van der Waals surface area contributed by atoms with Crippen LogP contribution in [0, 0.1) is 13.8 Å². The van der Waals surface area contributed by atoms with Crippen molar-refractivity contribution < 1.29 is 19.2 Å². The molecule has 0 aliphatic carbocycles. The molecule has 128 valence electrons. The van der Waals surface area contributed by atoms with Gasteiger partial charge in [-0.3, -0.25) is 4.79 Å². The minimum Gasteiger partial charge on any atom is -0.478 e. The number of carboxylic acid groups (broad SMARTS) is 1. The van der Waals surface area contributed by atoms with Crippen molar-refractivity contribution in [1.82, 2.24) is 5.16 Å².